The summed E-state index contributed by atoms with van der Waals surface area (Å²) in [5, 5.41) is 12.2. The number of fused-ring (bicyclic) bond motifs is 1. The second-order valence-corrected chi connectivity index (χ2v) is 6.80. The average Bonchev–Trinajstić information content (AvgIpc) is 3.06. The minimum absolute atomic E-state index is 0.524. The molecular weight excluding hydrogens is 336 g/mol. The van der Waals surface area contributed by atoms with E-state index in [1.807, 2.05) is 32.0 Å². The van der Waals surface area contributed by atoms with E-state index in [0.717, 1.165) is 22.4 Å². The minimum Gasteiger partial charge on any atom is -0.497 e. The Morgan fingerprint density at radius 2 is 2.08 bits per heavy atom. The van der Waals surface area contributed by atoms with E-state index in [1.54, 1.807) is 25.6 Å². The maximum Gasteiger partial charge on any atom is 0.146 e. The highest BCUT2D eigenvalue weighted by Crippen LogP contribution is 2.42. The van der Waals surface area contributed by atoms with Crippen molar-refractivity contribution in [2.24, 2.45) is 0 Å². The van der Waals surface area contributed by atoms with Gasteiger partial charge in [0.1, 0.15) is 22.1 Å². The zero-order valence-electron chi connectivity index (χ0n) is 14.7. The number of aliphatic hydroxyl groups is 1. The number of thiazole rings is 1. The fraction of sp³-hybridized carbons (Fsp3) is 0.368. The first-order valence-corrected chi connectivity index (χ1v) is 9.18. The normalized spacial score (nSPS) is 13.6. The number of pyridine rings is 1. The first kappa shape index (κ1) is 17.6. The fourth-order valence-corrected chi connectivity index (χ4v) is 4.03. The zero-order chi connectivity index (χ0) is 17.9. The van der Waals surface area contributed by atoms with Crippen molar-refractivity contribution >= 4 is 21.6 Å². The molecule has 1 unspecified atom stereocenters. The smallest absolute Gasteiger partial charge is 0.146 e. The molecular formula is C19H22N2O3S. The first-order chi connectivity index (χ1) is 12.1. The summed E-state index contributed by atoms with van der Waals surface area (Å²) in [6.45, 7) is 4.49. The van der Waals surface area contributed by atoms with Crippen molar-refractivity contribution in [1.82, 2.24) is 9.97 Å². The van der Waals surface area contributed by atoms with E-state index in [9.17, 15) is 5.11 Å². The van der Waals surface area contributed by atoms with Gasteiger partial charge in [0.05, 0.1) is 29.5 Å². The Bertz CT molecular complexity index is 865. The van der Waals surface area contributed by atoms with E-state index in [4.69, 9.17) is 9.47 Å². The highest BCUT2D eigenvalue weighted by molar-refractivity contribution is 7.18. The van der Waals surface area contributed by atoms with Crippen LogP contribution < -0.4 is 9.47 Å². The molecule has 0 aliphatic carbocycles. The molecule has 3 aromatic rings. The van der Waals surface area contributed by atoms with Crippen molar-refractivity contribution in [3.8, 4) is 11.5 Å². The molecule has 2 aromatic heterocycles. The third kappa shape index (κ3) is 3.32. The lowest BCUT2D eigenvalue weighted by Crippen LogP contribution is -2.28. The minimum atomic E-state index is -1.23. The predicted octanol–water partition coefficient (Wildman–Crippen LogP) is 4.13. The van der Waals surface area contributed by atoms with Crippen molar-refractivity contribution in [1.29, 1.82) is 0 Å². The van der Waals surface area contributed by atoms with Crippen LogP contribution in [-0.4, -0.2) is 28.8 Å². The summed E-state index contributed by atoms with van der Waals surface area (Å²) in [6, 6.07) is 7.51. The largest absolute Gasteiger partial charge is 0.497 e. The van der Waals surface area contributed by atoms with Crippen molar-refractivity contribution in [2.45, 2.75) is 32.3 Å². The lowest BCUT2D eigenvalue weighted by Gasteiger charge is -2.27. The van der Waals surface area contributed by atoms with Crippen molar-refractivity contribution < 1.29 is 14.6 Å². The standard InChI is InChI=1S/C19H22N2O3S/c1-4-9-19(22,14-12-20-10-8-16(14)24-5-2)18-21-15-7-6-13(23-3)11-17(15)25-18/h6-8,10-12,22H,4-5,9H2,1-3H3. The van der Waals surface area contributed by atoms with Crippen LogP contribution in [0.1, 0.15) is 37.3 Å². The average molecular weight is 358 g/mol. The molecule has 6 heteroatoms. The Kier molecular flexibility index (Phi) is 5.20. The van der Waals surface area contributed by atoms with Gasteiger partial charge in [0.2, 0.25) is 0 Å². The lowest BCUT2D eigenvalue weighted by atomic mass is 9.90. The zero-order valence-corrected chi connectivity index (χ0v) is 15.5. The summed E-state index contributed by atoms with van der Waals surface area (Å²) < 4.78 is 12.0. The number of nitrogens with zero attached hydrogens (tertiary/aromatic N) is 2. The molecule has 1 aromatic carbocycles. The molecule has 132 valence electrons. The Morgan fingerprint density at radius 1 is 1.24 bits per heavy atom. The monoisotopic (exact) mass is 358 g/mol. The molecule has 0 bridgehead atoms. The number of hydrogen-bond acceptors (Lipinski definition) is 6. The molecule has 0 aliphatic rings. The van der Waals surface area contributed by atoms with Crippen molar-refractivity contribution in [3.63, 3.8) is 0 Å². The Morgan fingerprint density at radius 3 is 2.80 bits per heavy atom. The number of ether oxygens (including phenoxy) is 2. The number of hydrogen-bond donors (Lipinski definition) is 1. The molecule has 0 radical (unpaired) electrons. The van der Waals surface area contributed by atoms with Gasteiger partial charge < -0.3 is 14.6 Å². The summed E-state index contributed by atoms with van der Waals surface area (Å²) in [4.78, 5) is 8.89. The molecule has 0 spiro atoms. The molecule has 0 fully saturated rings. The van der Waals surface area contributed by atoms with E-state index in [0.29, 0.717) is 29.3 Å². The third-order valence-corrected chi connectivity index (χ3v) is 5.26. The quantitative estimate of drug-likeness (QED) is 0.688. The molecule has 25 heavy (non-hydrogen) atoms. The molecule has 1 N–H and O–H groups in total. The van der Waals surface area contributed by atoms with Crippen molar-refractivity contribution in [3.05, 3.63) is 47.2 Å². The van der Waals surface area contributed by atoms with Crippen LogP contribution in [-0.2, 0) is 5.60 Å². The SMILES string of the molecule is CCCC(O)(c1nc2ccc(OC)cc2s1)c1cnccc1OCC. The van der Waals surface area contributed by atoms with Crippen LogP contribution in [0.25, 0.3) is 10.2 Å². The van der Waals surface area contributed by atoms with Crippen LogP contribution in [0.5, 0.6) is 11.5 Å². The van der Waals surface area contributed by atoms with Gasteiger partial charge in [0, 0.05) is 12.4 Å². The van der Waals surface area contributed by atoms with Crippen LogP contribution in [0.3, 0.4) is 0 Å². The van der Waals surface area contributed by atoms with Gasteiger partial charge in [0.15, 0.2) is 0 Å². The maximum atomic E-state index is 11.6. The molecule has 0 amide bonds. The topological polar surface area (TPSA) is 64.5 Å². The molecule has 2 heterocycles. The number of methoxy groups -OCH3 is 1. The Hall–Kier alpha value is -2.18. The van der Waals surface area contributed by atoms with Gasteiger partial charge in [-0.3, -0.25) is 4.98 Å². The van der Waals surface area contributed by atoms with Gasteiger partial charge in [-0.05, 0) is 37.6 Å². The number of aromatic nitrogens is 2. The van der Waals surface area contributed by atoms with Gasteiger partial charge in [-0.15, -0.1) is 11.3 Å². The molecule has 0 saturated heterocycles. The Balaban J connectivity index is 2.14. The van der Waals surface area contributed by atoms with E-state index in [-0.39, 0.29) is 0 Å². The maximum absolute atomic E-state index is 11.6. The number of rotatable bonds is 7. The summed E-state index contributed by atoms with van der Waals surface area (Å²) in [7, 11) is 1.64. The molecule has 5 nitrogen and oxygen atoms in total. The van der Waals surface area contributed by atoms with Gasteiger partial charge in [-0.1, -0.05) is 13.3 Å². The van der Waals surface area contributed by atoms with Crippen LogP contribution in [0, 0.1) is 0 Å². The first-order valence-electron chi connectivity index (χ1n) is 8.37. The Labute approximate surface area is 151 Å². The molecule has 3 rings (SSSR count). The van der Waals surface area contributed by atoms with Crippen LogP contribution >= 0.6 is 11.3 Å². The van der Waals surface area contributed by atoms with E-state index < -0.39 is 5.60 Å². The van der Waals surface area contributed by atoms with Gasteiger partial charge >= 0.3 is 0 Å². The number of benzene rings is 1. The fourth-order valence-electron chi connectivity index (χ4n) is 2.90. The second-order valence-electron chi connectivity index (χ2n) is 5.77. The van der Waals surface area contributed by atoms with E-state index in [1.165, 1.54) is 11.3 Å². The van der Waals surface area contributed by atoms with Gasteiger partial charge in [-0.25, -0.2) is 4.98 Å². The molecule has 0 aliphatic heterocycles. The summed E-state index contributed by atoms with van der Waals surface area (Å²) in [5.74, 6) is 1.42. The van der Waals surface area contributed by atoms with E-state index >= 15 is 0 Å². The highest BCUT2D eigenvalue weighted by atomic mass is 32.1. The summed E-state index contributed by atoms with van der Waals surface area (Å²) in [5.41, 5.74) is 0.270. The van der Waals surface area contributed by atoms with E-state index in [2.05, 4.69) is 9.97 Å². The highest BCUT2D eigenvalue weighted by Gasteiger charge is 2.37. The van der Waals surface area contributed by atoms with Crippen LogP contribution in [0.4, 0.5) is 0 Å². The summed E-state index contributed by atoms with van der Waals surface area (Å²) in [6.07, 6.45) is 4.68. The summed E-state index contributed by atoms with van der Waals surface area (Å²) >= 11 is 1.47. The van der Waals surface area contributed by atoms with Crippen LogP contribution in [0.15, 0.2) is 36.7 Å². The third-order valence-electron chi connectivity index (χ3n) is 4.09. The van der Waals surface area contributed by atoms with Gasteiger partial charge in [0.25, 0.3) is 0 Å². The lowest BCUT2D eigenvalue weighted by molar-refractivity contribution is 0.0663. The predicted molar refractivity (Wildman–Crippen MR) is 99.5 cm³/mol. The molecule has 0 saturated carbocycles. The molecule has 1 atom stereocenters. The van der Waals surface area contributed by atoms with Crippen molar-refractivity contribution in [2.75, 3.05) is 13.7 Å². The second kappa shape index (κ2) is 7.37. The van der Waals surface area contributed by atoms with Crippen LogP contribution in [0.2, 0.25) is 0 Å². The van der Waals surface area contributed by atoms with Gasteiger partial charge in [-0.2, -0.15) is 0 Å².